The summed E-state index contributed by atoms with van der Waals surface area (Å²) in [5.74, 6) is -0.234. The highest BCUT2D eigenvalue weighted by Gasteiger charge is 2.16. The van der Waals surface area contributed by atoms with Gasteiger partial charge in [0, 0.05) is 13.5 Å². The molecule has 0 fully saturated rings. The van der Waals surface area contributed by atoms with Gasteiger partial charge in [0.25, 0.3) is 0 Å². The molecule has 0 radical (unpaired) electrons. The third kappa shape index (κ3) is 5.54. The van der Waals surface area contributed by atoms with E-state index >= 15 is 0 Å². The lowest BCUT2D eigenvalue weighted by molar-refractivity contribution is -0.122. The Morgan fingerprint density at radius 1 is 0.917 bits per heavy atom. The predicted octanol–water partition coefficient (Wildman–Crippen LogP) is 3.19. The van der Waals surface area contributed by atoms with E-state index in [4.69, 9.17) is 0 Å². The summed E-state index contributed by atoms with van der Waals surface area (Å²) < 4.78 is 0. The maximum atomic E-state index is 12.3. The molecule has 2 aromatic rings. The number of hydrogen-bond acceptors (Lipinski definition) is 2. The molecule has 4 heteroatoms. The van der Waals surface area contributed by atoms with Crippen LogP contribution < -0.4 is 10.6 Å². The van der Waals surface area contributed by atoms with Crippen LogP contribution in [0.5, 0.6) is 0 Å². The monoisotopic (exact) mass is 324 g/mol. The largest absolute Gasteiger partial charge is 0.352 e. The van der Waals surface area contributed by atoms with Crippen LogP contribution in [0.3, 0.4) is 0 Å². The zero-order valence-corrected chi connectivity index (χ0v) is 14.4. The summed E-state index contributed by atoms with van der Waals surface area (Å²) in [4.78, 5) is 23.7. The van der Waals surface area contributed by atoms with Gasteiger partial charge in [-0.2, -0.15) is 0 Å². The third-order valence-electron chi connectivity index (χ3n) is 3.86. The SMILES string of the molecule is CC(=O)NC(CC(=O)NCc1ccc(C)cc1)c1ccc(C)cc1. The molecule has 0 spiro atoms. The van der Waals surface area contributed by atoms with Crippen LogP contribution in [0.15, 0.2) is 48.5 Å². The van der Waals surface area contributed by atoms with Crippen molar-refractivity contribution in [2.24, 2.45) is 0 Å². The third-order valence-corrected chi connectivity index (χ3v) is 3.86. The summed E-state index contributed by atoms with van der Waals surface area (Å²) in [6, 6.07) is 15.6. The molecular formula is C20H24N2O2. The van der Waals surface area contributed by atoms with E-state index in [9.17, 15) is 9.59 Å². The number of rotatable bonds is 6. The highest BCUT2D eigenvalue weighted by Crippen LogP contribution is 2.17. The van der Waals surface area contributed by atoms with E-state index in [2.05, 4.69) is 10.6 Å². The van der Waals surface area contributed by atoms with E-state index in [-0.39, 0.29) is 24.3 Å². The average molecular weight is 324 g/mol. The van der Waals surface area contributed by atoms with Crippen molar-refractivity contribution in [3.63, 3.8) is 0 Å². The zero-order chi connectivity index (χ0) is 17.5. The van der Waals surface area contributed by atoms with Gasteiger partial charge in [-0.1, -0.05) is 59.7 Å². The van der Waals surface area contributed by atoms with Gasteiger partial charge in [-0.25, -0.2) is 0 Å². The van der Waals surface area contributed by atoms with E-state index in [0.29, 0.717) is 6.54 Å². The molecule has 0 aliphatic heterocycles. The number of aryl methyl sites for hydroxylation is 2. The number of benzene rings is 2. The first-order valence-electron chi connectivity index (χ1n) is 8.10. The molecule has 1 atom stereocenters. The van der Waals surface area contributed by atoms with E-state index < -0.39 is 0 Å². The van der Waals surface area contributed by atoms with Crippen LogP contribution in [0.1, 0.15) is 41.6 Å². The number of hydrogen-bond donors (Lipinski definition) is 2. The highest BCUT2D eigenvalue weighted by molar-refractivity contribution is 5.79. The van der Waals surface area contributed by atoms with E-state index in [1.165, 1.54) is 12.5 Å². The molecule has 2 N–H and O–H groups in total. The first kappa shape index (κ1) is 17.7. The highest BCUT2D eigenvalue weighted by atomic mass is 16.2. The Labute approximate surface area is 143 Å². The molecule has 4 nitrogen and oxygen atoms in total. The first-order valence-corrected chi connectivity index (χ1v) is 8.10. The molecule has 24 heavy (non-hydrogen) atoms. The van der Waals surface area contributed by atoms with Crippen LogP contribution in [0.25, 0.3) is 0 Å². The maximum Gasteiger partial charge on any atom is 0.222 e. The molecule has 0 heterocycles. The van der Waals surface area contributed by atoms with Crippen molar-refractivity contribution in [2.75, 3.05) is 0 Å². The van der Waals surface area contributed by atoms with Crippen LogP contribution in [-0.2, 0) is 16.1 Å². The molecule has 0 aromatic heterocycles. The van der Waals surface area contributed by atoms with Crippen LogP contribution >= 0.6 is 0 Å². The number of carbonyl (C=O) groups excluding carboxylic acids is 2. The molecule has 0 aliphatic carbocycles. The molecule has 2 amide bonds. The minimum absolute atomic E-state index is 0.0881. The second kappa shape index (κ2) is 8.29. The standard InChI is InChI=1S/C20H24N2O2/c1-14-4-8-17(9-5-14)13-21-20(24)12-19(22-16(3)23)18-10-6-15(2)7-11-18/h4-11,19H,12-13H2,1-3H3,(H,21,24)(H,22,23). The van der Waals surface area contributed by atoms with Crippen molar-refractivity contribution in [2.45, 2.75) is 39.8 Å². The Bertz CT molecular complexity index is 691. The van der Waals surface area contributed by atoms with Crippen LogP contribution in [0, 0.1) is 13.8 Å². The van der Waals surface area contributed by atoms with Crippen LogP contribution in [-0.4, -0.2) is 11.8 Å². The van der Waals surface area contributed by atoms with Crippen LogP contribution in [0.2, 0.25) is 0 Å². The number of nitrogens with one attached hydrogen (secondary N) is 2. The topological polar surface area (TPSA) is 58.2 Å². The van der Waals surface area contributed by atoms with Crippen molar-refractivity contribution < 1.29 is 9.59 Å². The van der Waals surface area contributed by atoms with E-state index in [1.807, 2.05) is 62.4 Å². The second-order valence-electron chi connectivity index (χ2n) is 6.13. The van der Waals surface area contributed by atoms with E-state index in [1.54, 1.807) is 0 Å². The minimum atomic E-state index is -0.318. The van der Waals surface area contributed by atoms with Gasteiger partial charge in [-0.15, -0.1) is 0 Å². The van der Waals surface area contributed by atoms with Crippen molar-refractivity contribution in [1.29, 1.82) is 0 Å². The zero-order valence-electron chi connectivity index (χ0n) is 14.4. The van der Waals surface area contributed by atoms with Gasteiger partial charge in [-0.05, 0) is 25.0 Å². The maximum absolute atomic E-state index is 12.3. The number of carbonyl (C=O) groups is 2. The lowest BCUT2D eigenvalue weighted by atomic mass is 10.0. The van der Waals surface area contributed by atoms with E-state index in [0.717, 1.165) is 16.7 Å². The molecule has 126 valence electrons. The summed E-state index contributed by atoms with van der Waals surface area (Å²) in [5, 5.41) is 5.77. The van der Waals surface area contributed by atoms with Crippen molar-refractivity contribution >= 4 is 11.8 Å². The fourth-order valence-electron chi connectivity index (χ4n) is 2.46. The molecule has 0 saturated carbocycles. The summed E-state index contributed by atoms with van der Waals surface area (Å²) in [5.41, 5.74) is 4.32. The van der Waals surface area contributed by atoms with Gasteiger partial charge in [0.1, 0.15) is 0 Å². The van der Waals surface area contributed by atoms with Crippen molar-refractivity contribution in [3.05, 3.63) is 70.8 Å². The molecule has 1 unspecified atom stereocenters. The first-order chi connectivity index (χ1) is 11.4. The molecule has 0 saturated heterocycles. The molecule has 2 rings (SSSR count). The summed E-state index contributed by atoms with van der Waals surface area (Å²) in [7, 11) is 0. The minimum Gasteiger partial charge on any atom is -0.352 e. The molecule has 2 aromatic carbocycles. The fourth-order valence-corrected chi connectivity index (χ4v) is 2.46. The summed E-state index contributed by atoms with van der Waals surface area (Å²) >= 11 is 0. The normalized spacial score (nSPS) is 11.6. The molecule has 0 bridgehead atoms. The molecular weight excluding hydrogens is 300 g/mol. The Balaban J connectivity index is 1.97. The smallest absolute Gasteiger partial charge is 0.222 e. The van der Waals surface area contributed by atoms with Crippen molar-refractivity contribution in [1.82, 2.24) is 10.6 Å². The summed E-state index contributed by atoms with van der Waals surface area (Å²) in [6.45, 7) is 5.98. The Morgan fingerprint density at radius 3 is 2.00 bits per heavy atom. The van der Waals surface area contributed by atoms with Gasteiger partial charge in [0.2, 0.25) is 11.8 Å². The second-order valence-corrected chi connectivity index (χ2v) is 6.13. The van der Waals surface area contributed by atoms with Gasteiger partial charge < -0.3 is 10.6 Å². The molecule has 0 aliphatic rings. The lowest BCUT2D eigenvalue weighted by Gasteiger charge is -2.18. The number of amides is 2. The van der Waals surface area contributed by atoms with Gasteiger partial charge in [0.15, 0.2) is 0 Å². The van der Waals surface area contributed by atoms with Crippen molar-refractivity contribution in [3.8, 4) is 0 Å². The van der Waals surface area contributed by atoms with Gasteiger partial charge >= 0.3 is 0 Å². The Morgan fingerprint density at radius 2 is 1.46 bits per heavy atom. The van der Waals surface area contributed by atoms with Gasteiger partial charge in [0.05, 0.1) is 12.5 Å². The van der Waals surface area contributed by atoms with Crippen LogP contribution in [0.4, 0.5) is 0 Å². The fraction of sp³-hybridized carbons (Fsp3) is 0.300. The summed E-state index contributed by atoms with van der Waals surface area (Å²) in [6.07, 6.45) is 0.217. The van der Waals surface area contributed by atoms with Gasteiger partial charge in [-0.3, -0.25) is 9.59 Å². The Kier molecular flexibility index (Phi) is 6.13. The lowest BCUT2D eigenvalue weighted by Crippen LogP contribution is -2.32. The predicted molar refractivity (Wildman–Crippen MR) is 95.4 cm³/mol. The Hall–Kier alpha value is -2.62. The average Bonchev–Trinajstić information content (AvgIpc) is 2.54. The quantitative estimate of drug-likeness (QED) is 0.857.